The summed E-state index contributed by atoms with van der Waals surface area (Å²) in [4.78, 5) is 21.8. The van der Waals surface area contributed by atoms with E-state index in [0.717, 1.165) is 7.11 Å². The Morgan fingerprint density at radius 1 is 1.53 bits per heavy atom. The van der Waals surface area contributed by atoms with Crippen molar-refractivity contribution in [2.24, 2.45) is 0 Å². The van der Waals surface area contributed by atoms with Crippen LogP contribution in [-0.2, 0) is 20.7 Å². The van der Waals surface area contributed by atoms with Gasteiger partial charge in [-0.05, 0) is 6.07 Å². The van der Waals surface area contributed by atoms with E-state index in [9.17, 15) is 9.59 Å². The lowest BCUT2D eigenvalue weighted by Crippen LogP contribution is -2.50. The number of H-pyrrole nitrogens is 1. The van der Waals surface area contributed by atoms with Crippen molar-refractivity contribution in [3.63, 3.8) is 0 Å². The molecule has 0 fully saturated rings. The van der Waals surface area contributed by atoms with E-state index >= 15 is 0 Å². The average Bonchev–Trinajstić information content (AvgIpc) is 2.65. The number of nitrogens with zero attached hydrogens (tertiary/aromatic N) is 1. The van der Waals surface area contributed by atoms with E-state index in [1.165, 1.54) is 12.3 Å². The second kappa shape index (κ2) is 4.09. The van der Waals surface area contributed by atoms with Gasteiger partial charge in [0.15, 0.2) is 0 Å². The van der Waals surface area contributed by atoms with E-state index in [2.05, 4.69) is 14.9 Å². The molecule has 0 saturated heterocycles. The Balaban J connectivity index is 3.00. The molecule has 1 aromatic rings. The van der Waals surface area contributed by atoms with Crippen LogP contribution >= 0.6 is 0 Å². The smallest absolute Gasteiger partial charge is 0.348 e. The fourth-order valence-electron chi connectivity index (χ4n) is 1.14. The minimum Gasteiger partial charge on any atom is -0.479 e. The van der Waals surface area contributed by atoms with Crippen LogP contribution in [0.1, 0.15) is 5.69 Å². The van der Waals surface area contributed by atoms with Crippen molar-refractivity contribution in [1.82, 2.24) is 10.2 Å². The van der Waals surface area contributed by atoms with Crippen molar-refractivity contribution >= 4 is 11.9 Å². The summed E-state index contributed by atoms with van der Waals surface area (Å²) in [6.45, 7) is 0. The molecule has 0 aliphatic heterocycles. The topological polar surface area (TPSA) is 113 Å². The predicted octanol–water partition coefficient (Wildman–Crippen LogP) is -0.493. The van der Waals surface area contributed by atoms with Crippen LogP contribution in [0.25, 0.3) is 0 Å². The van der Waals surface area contributed by atoms with Gasteiger partial charge in [0.2, 0.25) is 0 Å². The molecule has 7 heteroatoms. The number of aliphatic carboxylic acids is 2. The highest BCUT2D eigenvalue weighted by Gasteiger charge is 2.47. The molecule has 0 aliphatic rings. The molecule has 0 spiro atoms. The van der Waals surface area contributed by atoms with Gasteiger partial charge in [0.1, 0.15) is 0 Å². The monoisotopic (exact) mass is 214 g/mol. The maximum absolute atomic E-state index is 10.9. The maximum atomic E-state index is 10.9. The highest BCUT2D eigenvalue weighted by atomic mass is 16.5. The number of hydrogen-bond acceptors (Lipinski definition) is 4. The van der Waals surface area contributed by atoms with Gasteiger partial charge in [-0.25, -0.2) is 9.59 Å². The fourth-order valence-corrected chi connectivity index (χ4v) is 1.14. The molecular formula is C8H10N2O5. The second-order valence-electron chi connectivity index (χ2n) is 2.90. The molecule has 0 amide bonds. The van der Waals surface area contributed by atoms with Crippen molar-refractivity contribution in [2.75, 3.05) is 7.11 Å². The van der Waals surface area contributed by atoms with E-state index in [1.54, 1.807) is 0 Å². The van der Waals surface area contributed by atoms with Crippen molar-refractivity contribution in [3.8, 4) is 0 Å². The molecule has 1 aromatic heterocycles. The Morgan fingerprint density at radius 3 is 2.47 bits per heavy atom. The Morgan fingerprint density at radius 2 is 2.13 bits per heavy atom. The quantitative estimate of drug-likeness (QED) is 0.570. The van der Waals surface area contributed by atoms with E-state index in [4.69, 9.17) is 10.2 Å². The summed E-state index contributed by atoms with van der Waals surface area (Å²) >= 11 is 0. The number of hydrogen-bond donors (Lipinski definition) is 3. The molecule has 0 bridgehead atoms. The van der Waals surface area contributed by atoms with Crippen LogP contribution in [0.5, 0.6) is 0 Å². The van der Waals surface area contributed by atoms with Crippen molar-refractivity contribution in [2.45, 2.75) is 12.0 Å². The Labute approximate surface area is 84.7 Å². The van der Waals surface area contributed by atoms with Crippen LogP contribution in [0.2, 0.25) is 0 Å². The number of rotatable bonds is 5. The van der Waals surface area contributed by atoms with Gasteiger partial charge in [0.25, 0.3) is 5.60 Å². The zero-order valence-corrected chi connectivity index (χ0v) is 7.93. The van der Waals surface area contributed by atoms with E-state index < -0.39 is 17.5 Å². The number of ether oxygens (including phenoxy) is 1. The minimum atomic E-state index is -2.27. The summed E-state index contributed by atoms with van der Waals surface area (Å²) in [6, 6.07) is 1.49. The van der Waals surface area contributed by atoms with Crippen LogP contribution in [-0.4, -0.2) is 45.1 Å². The first-order valence-electron chi connectivity index (χ1n) is 4.03. The first-order valence-corrected chi connectivity index (χ1v) is 4.03. The molecule has 0 unspecified atom stereocenters. The molecule has 1 rings (SSSR count). The Kier molecular flexibility index (Phi) is 3.05. The number of aromatic nitrogens is 2. The number of carbonyl (C=O) groups is 2. The Bertz CT molecular complexity index is 345. The molecule has 0 saturated carbocycles. The third kappa shape index (κ3) is 1.96. The maximum Gasteiger partial charge on any atom is 0.348 e. The largest absolute Gasteiger partial charge is 0.479 e. The molecule has 3 N–H and O–H groups in total. The van der Waals surface area contributed by atoms with Gasteiger partial charge in [-0.3, -0.25) is 5.10 Å². The number of carboxylic acids is 2. The normalized spacial score (nSPS) is 11.3. The molecule has 82 valence electrons. The van der Waals surface area contributed by atoms with Crippen LogP contribution in [0.4, 0.5) is 0 Å². The van der Waals surface area contributed by atoms with Gasteiger partial charge in [-0.1, -0.05) is 0 Å². The molecule has 1 heterocycles. The van der Waals surface area contributed by atoms with Gasteiger partial charge < -0.3 is 14.9 Å². The van der Waals surface area contributed by atoms with Crippen LogP contribution in [0.3, 0.4) is 0 Å². The summed E-state index contributed by atoms with van der Waals surface area (Å²) < 4.78 is 4.59. The molecule has 0 radical (unpaired) electrons. The molecule has 15 heavy (non-hydrogen) atoms. The first kappa shape index (κ1) is 11.2. The summed E-state index contributed by atoms with van der Waals surface area (Å²) in [5.74, 6) is -3.10. The third-order valence-electron chi connectivity index (χ3n) is 2.04. The SMILES string of the molecule is COC(Cc1ccn[nH]1)(C(=O)O)C(=O)O. The number of nitrogens with one attached hydrogen (secondary N) is 1. The highest BCUT2D eigenvalue weighted by molar-refractivity contribution is 6.02. The van der Waals surface area contributed by atoms with E-state index in [-0.39, 0.29) is 6.42 Å². The molecule has 7 nitrogen and oxygen atoms in total. The van der Waals surface area contributed by atoms with E-state index in [1.807, 2.05) is 0 Å². The minimum absolute atomic E-state index is 0.311. The third-order valence-corrected chi connectivity index (χ3v) is 2.04. The lowest BCUT2D eigenvalue weighted by molar-refractivity contribution is -0.179. The molecular weight excluding hydrogens is 204 g/mol. The highest BCUT2D eigenvalue weighted by Crippen LogP contribution is 2.17. The number of carboxylic acid groups (broad SMARTS) is 2. The fraction of sp³-hybridized carbons (Fsp3) is 0.375. The average molecular weight is 214 g/mol. The summed E-state index contributed by atoms with van der Waals surface area (Å²) in [7, 11) is 1.04. The van der Waals surface area contributed by atoms with Crippen LogP contribution in [0.15, 0.2) is 12.3 Å². The van der Waals surface area contributed by atoms with Gasteiger partial charge in [-0.2, -0.15) is 5.10 Å². The van der Waals surface area contributed by atoms with Crippen LogP contribution < -0.4 is 0 Å². The second-order valence-corrected chi connectivity index (χ2v) is 2.90. The molecule has 0 aromatic carbocycles. The number of aromatic amines is 1. The first-order chi connectivity index (χ1) is 7.03. The molecule has 0 aliphatic carbocycles. The van der Waals surface area contributed by atoms with Gasteiger partial charge in [-0.15, -0.1) is 0 Å². The van der Waals surface area contributed by atoms with Crippen molar-refractivity contribution in [3.05, 3.63) is 18.0 Å². The predicted molar refractivity (Wildman–Crippen MR) is 47.3 cm³/mol. The number of methoxy groups -OCH3 is 1. The van der Waals surface area contributed by atoms with Gasteiger partial charge in [0.05, 0.1) is 0 Å². The van der Waals surface area contributed by atoms with Crippen LogP contribution in [0, 0.1) is 0 Å². The summed E-state index contributed by atoms with van der Waals surface area (Å²) in [6.07, 6.45) is 1.09. The van der Waals surface area contributed by atoms with Crippen molar-refractivity contribution in [1.29, 1.82) is 0 Å². The van der Waals surface area contributed by atoms with Gasteiger partial charge in [0, 0.05) is 25.4 Å². The standard InChI is InChI=1S/C8H10N2O5/c1-15-8(6(11)12,7(13)14)4-5-2-3-9-10-5/h2-3H,4H2,1H3,(H,9,10)(H,11,12)(H,13,14). The lowest BCUT2D eigenvalue weighted by atomic mass is 9.98. The molecule has 0 atom stereocenters. The zero-order chi connectivity index (χ0) is 11.5. The van der Waals surface area contributed by atoms with E-state index in [0.29, 0.717) is 5.69 Å². The Hall–Kier alpha value is -1.89. The van der Waals surface area contributed by atoms with Crippen molar-refractivity contribution < 1.29 is 24.5 Å². The summed E-state index contributed by atoms with van der Waals surface area (Å²) in [5, 5.41) is 23.8. The summed E-state index contributed by atoms with van der Waals surface area (Å²) in [5.41, 5.74) is -1.89. The zero-order valence-electron chi connectivity index (χ0n) is 7.93. The van der Waals surface area contributed by atoms with Gasteiger partial charge >= 0.3 is 11.9 Å². The lowest BCUT2D eigenvalue weighted by Gasteiger charge is -2.22.